The summed E-state index contributed by atoms with van der Waals surface area (Å²) in [6, 6.07) is 8.48. The Kier molecular flexibility index (Phi) is 2.69. The van der Waals surface area contributed by atoms with Crippen molar-refractivity contribution in [2.24, 2.45) is 0 Å². The Morgan fingerprint density at radius 2 is 1.33 bits per heavy atom. The van der Waals surface area contributed by atoms with Gasteiger partial charge in [0.05, 0.1) is 14.2 Å². The van der Waals surface area contributed by atoms with Crippen molar-refractivity contribution in [3.8, 4) is 11.1 Å². The lowest BCUT2D eigenvalue weighted by atomic mass is 9.95. The van der Waals surface area contributed by atoms with E-state index in [1.54, 1.807) is 0 Å². The summed E-state index contributed by atoms with van der Waals surface area (Å²) in [6.45, 7) is 0. The Bertz CT molecular complexity index is 237. The maximum absolute atomic E-state index is 9.74. The largest absolute Gasteiger partial charge is 0.507 e. The first kappa shape index (κ1) is 8.59. The summed E-state index contributed by atoms with van der Waals surface area (Å²) in [5, 5.41) is 0. The van der Waals surface area contributed by atoms with Gasteiger partial charge in [-0.1, -0.05) is 24.3 Å². The number of methoxy groups -OCH3 is 2. The molecule has 0 aromatic heterocycles. The molecule has 0 aromatic carbocycles. The molecule has 3 nitrogen and oxygen atoms in total. The van der Waals surface area contributed by atoms with Crippen LogP contribution < -0.4 is 0 Å². The molecule has 0 aliphatic heterocycles. The molecule has 2 rings (SSSR count). The molecule has 0 atom stereocenters. The van der Waals surface area contributed by atoms with E-state index in [9.17, 15) is 4.79 Å². The molecule has 0 radical (unpaired) electrons. The van der Waals surface area contributed by atoms with Gasteiger partial charge in [0.1, 0.15) is 0 Å². The van der Waals surface area contributed by atoms with Gasteiger partial charge in [-0.15, -0.1) is 0 Å². The SMILES string of the molecule is COC(=O)OC.c1cc2ccc1-2. The normalized spacial score (nSPS) is 9.17. The van der Waals surface area contributed by atoms with E-state index in [-0.39, 0.29) is 0 Å². The summed E-state index contributed by atoms with van der Waals surface area (Å²) in [4.78, 5) is 9.74. The third kappa shape index (κ3) is 1.75. The summed E-state index contributed by atoms with van der Waals surface area (Å²) in [5.41, 5.74) is 2.85. The molecule has 2 aliphatic carbocycles. The molecule has 0 N–H and O–H groups in total. The van der Waals surface area contributed by atoms with Crippen molar-refractivity contribution in [2.75, 3.05) is 14.2 Å². The van der Waals surface area contributed by atoms with Crippen LogP contribution in [-0.2, 0) is 9.47 Å². The minimum absolute atomic E-state index is 0.657. The molecule has 12 heavy (non-hydrogen) atoms. The van der Waals surface area contributed by atoms with Crippen molar-refractivity contribution >= 4 is 6.16 Å². The van der Waals surface area contributed by atoms with Crippen molar-refractivity contribution in [1.82, 2.24) is 0 Å². The van der Waals surface area contributed by atoms with Gasteiger partial charge in [-0.05, 0) is 11.1 Å². The second-order valence-corrected chi connectivity index (χ2v) is 2.24. The zero-order valence-corrected chi connectivity index (χ0v) is 7.03. The van der Waals surface area contributed by atoms with Crippen molar-refractivity contribution in [3.05, 3.63) is 24.3 Å². The topological polar surface area (TPSA) is 35.5 Å². The van der Waals surface area contributed by atoms with Crippen LogP contribution in [0.5, 0.6) is 0 Å². The third-order valence-electron chi connectivity index (χ3n) is 1.55. The number of carbonyl (C=O) groups is 1. The average molecular weight is 166 g/mol. The fourth-order valence-electron chi connectivity index (χ4n) is 0.746. The van der Waals surface area contributed by atoms with Crippen LogP contribution >= 0.6 is 0 Å². The second kappa shape index (κ2) is 3.76. The number of hydrogen-bond acceptors (Lipinski definition) is 3. The third-order valence-corrected chi connectivity index (χ3v) is 1.55. The number of ether oxygens (including phenoxy) is 2. The highest BCUT2D eigenvalue weighted by Crippen LogP contribution is 2.29. The number of carbonyl (C=O) groups excluding carboxylic acids is 1. The van der Waals surface area contributed by atoms with E-state index in [0.29, 0.717) is 0 Å². The molecule has 3 heteroatoms. The van der Waals surface area contributed by atoms with E-state index in [1.165, 1.54) is 25.3 Å². The van der Waals surface area contributed by atoms with Gasteiger partial charge in [-0.25, -0.2) is 4.79 Å². The molecule has 0 spiro atoms. The molecule has 0 saturated carbocycles. The van der Waals surface area contributed by atoms with Gasteiger partial charge >= 0.3 is 6.16 Å². The predicted octanol–water partition coefficient (Wildman–Crippen LogP) is 2.07. The van der Waals surface area contributed by atoms with E-state index >= 15 is 0 Å². The van der Waals surface area contributed by atoms with E-state index in [0.717, 1.165) is 0 Å². The summed E-state index contributed by atoms with van der Waals surface area (Å²) < 4.78 is 8.08. The van der Waals surface area contributed by atoms with Crippen molar-refractivity contribution in [2.45, 2.75) is 0 Å². The van der Waals surface area contributed by atoms with Gasteiger partial charge < -0.3 is 9.47 Å². The Morgan fingerprint density at radius 1 is 1.00 bits per heavy atom. The van der Waals surface area contributed by atoms with Crippen LogP contribution in [0.1, 0.15) is 0 Å². The molecule has 2 aliphatic rings. The lowest BCUT2D eigenvalue weighted by Gasteiger charge is -2.10. The first-order chi connectivity index (χ1) is 5.77. The first-order valence-corrected chi connectivity index (χ1v) is 3.50. The van der Waals surface area contributed by atoms with E-state index in [2.05, 4.69) is 33.7 Å². The second-order valence-electron chi connectivity index (χ2n) is 2.24. The minimum atomic E-state index is -0.657. The van der Waals surface area contributed by atoms with Crippen LogP contribution in [0.3, 0.4) is 0 Å². The summed E-state index contributed by atoms with van der Waals surface area (Å²) in [7, 11) is 2.51. The maximum atomic E-state index is 9.74. The van der Waals surface area contributed by atoms with Gasteiger partial charge in [0.25, 0.3) is 0 Å². The standard InChI is InChI=1S/C6H4.C3H6O3/c1-2-6-4-3-5(1)6;1-5-3(4)6-2/h1-4H;1-2H3. The number of hydrogen-bond donors (Lipinski definition) is 0. The van der Waals surface area contributed by atoms with Crippen LogP contribution in [-0.4, -0.2) is 20.4 Å². The van der Waals surface area contributed by atoms with Gasteiger partial charge in [0.15, 0.2) is 0 Å². The molecule has 0 amide bonds. The van der Waals surface area contributed by atoms with E-state index < -0.39 is 6.16 Å². The number of rotatable bonds is 0. The first-order valence-electron chi connectivity index (χ1n) is 3.50. The summed E-state index contributed by atoms with van der Waals surface area (Å²) in [5.74, 6) is 0. The predicted molar refractivity (Wildman–Crippen MR) is 44.9 cm³/mol. The number of benzene rings is 1. The van der Waals surface area contributed by atoms with Crippen molar-refractivity contribution in [1.29, 1.82) is 0 Å². The van der Waals surface area contributed by atoms with Crippen LogP contribution in [0, 0.1) is 0 Å². The highest BCUT2D eigenvalue weighted by Gasteiger charge is 2.03. The molecule has 64 valence electrons. The smallest absolute Gasteiger partial charge is 0.438 e. The molecule has 0 heterocycles. The zero-order valence-electron chi connectivity index (χ0n) is 7.03. The van der Waals surface area contributed by atoms with Crippen LogP contribution in [0.4, 0.5) is 4.79 Å². The van der Waals surface area contributed by atoms with E-state index in [4.69, 9.17) is 0 Å². The Labute approximate surface area is 70.9 Å². The molecule has 0 saturated heterocycles. The Balaban J connectivity index is 0.000000120. The minimum Gasteiger partial charge on any atom is -0.438 e. The van der Waals surface area contributed by atoms with Crippen molar-refractivity contribution in [3.63, 3.8) is 0 Å². The average Bonchev–Trinajstić information content (AvgIpc) is 2.10. The molecule has 0 aromatic rings. The molecular formula is C9H10O3. The van der Waals surface area contributed by atoms with Crippen LogP contribution in [0.15, 0.2) is 24.3 Å². The van der Waals surface area contributed by atoms with Crippen LogP contribution in [0.2, 0.25) is 0 Å². The lowest BCUT2D eigenvalue weighted by molar-refractivity contribution is 0.0924. The zero-order chi connectivity index (χ0) is 8.97. The Hall–Kier alpha value is -1.51. The highest BCUT2D eigenvalue weighted by molar-refractivity contribution is 5.75. The van der Waals surface area contributed by atoms with Gasteiger partial charge in [-0.2, -0.15) is 0 Å². The molecular weight excluding hydrogens is 156 g/mol. The van der Waals surface area contributed by atoms with Crippen molar-refractivity contribution < 1.29 is 14.3 Å². The highest BCUT2D eigenvalue weighted by atomic mass is 16.7. The lowest BCUT2D eigenvalue weighted by Crippen LogP contribution is -1.97. The Morgan fingerprint density at radius 3 is 1.33 bits per heavy atom. The molecule has 0 bridgehead atoms. The quantitative estimate of drug-likeness (QED) is 0.562. The monoisotopic (exact) mass is 166 g/mol. The summed E-state index contributed by atoms with van der Waals surface area (Å²) >= 11 is 0. The number of fused-ring (bicyclic) bond motifs is 1. The fourth-order valence-corrected chi connectivity index (χ4v) is 0.746. The van der Waals surface area contributed by atoms with Gasteiger partial charge in [0.2, 0.25) is 0 Å². The fraction of sp³-hybridized carbons (Fsp3) is 0.222. The maximum Gasteiger partial charge on any atom is 0.507 e. The van der Waals surface area contributed by atoms with E-state index in [1.807, 2.05) is 0 Å². The van der Waals surface area contributed by atoms with Gasteiger partial charge in [0, 0.05) is 0 Å². The van der Waals surface area contributed by atoms with Gasteiger partial charge in [-0.3, -0.25) is 0 Å². The van der Waals surface area contributed by atoms with Crippen LogP contribution in [0.25, 0.3) is 11.1 Å². The molecule has 0 fully saturated rings. The molecule has 0 unspecified atom stereocenters. The summed E-state index contributed by atoms with van der Waals surface area (Å²) in [6.07, 6.45) is -0.657.